The molecule has 4 nitrogen and oxygen atoms in total. The van der Waals surface area contributed by atoms with Crippen LogP contribution in [0, 0.1) is 11.6 Å². The van der Waals surface area contributed by atoms with Crippen molar-refractivity contribution in [1.82, 2.24) is 5.32 Å². The third-order valence-electron chi connectivity index (χ3n) is 3.70. The van der Waals surface area contributed by atoms with E-state index in [1.54, 1.807) is 0 Å². The van der Waals surface area contributed by atoms with Crippen molar-refractivity contribution in [3.63, 3.8) is 0 Å². The second-order valence-corrected chi connectivity index (χ2v) is 5.67. The zero-order valence-electron chi connectivity index (χ0n) is 12.9. The maximum absolute atomic E-state index is 13.3. The monoisotopic (exact) mass is 333 g/mol. The van der Waals surface area contributed by atoms with Gasteiger partial charge in [0.25, 0.3) is 0 Å². The van der Waals surface area contributed by atoms with Gasteiger partial charge in [-0.05, 0) is 29.7 Å². The minimum absolute atomic E-state index is 0.152. The Morgan fingerprint density at radius 1 is 1.17 bits per heavy atom. The van der Waals surface area contributed by atoms with Gasteiger partial charge < -0.3 is 14.8 Å². The molecular weight excluding hydrogens is 316 g/mol. The molecule has 126 valence electrons. The van der Waals surface area contributed by atoms with Crippen LogP contribution >= 0.6 is 0 Å². The molecule has 0 spiro atoms. The van der Waals surface area contributed by atoms with Crippen molar-refractivity contribution in [2.45, 2.75) is 25.2 Å². The van der Waals surface area contributed by atoms with Crippen LogP contribution < -0.4 is 5.32 Å². The second-order valence-electron chi connectivity index (χ2n) is 5.67. The smallest absolute Gasteiger partial charge is 0.407 e. The molecule has 1 heterocycles. The Morgan fingerprint density at radius 3 is 2.46 bits per heavy atom. The Balaban J connectivity index is 1.56. The number of rotatable bonds is 6. The topological polar surface area (TPSA) is 50.9 Å². The molecule has 2 unspecified atom stereocenters. The fraction of sp³-hybridized carbons (Fsp3) is 0.278. The molecule has 1 saturated heterocycles. The Bertz CT molecular complexity index is 684. The molecule has 1 aliphatic rings. The van der Waals surface area contributed by atoms with E-state index < -0.39 is 23.8 Å². The average Bonchev–Trinajstić information content (AvgIpc) is 3.37. The van der Waals surface area contributed by atoms with Gasteiger partial charge in [-0.2, -0.15) is 0 Å². The first-order valence-corrected chi connectivity index (χ1v) is 7.64. The van der Waals surface area contributed by atoms with E-state index in [0.717, 1.165) is 11.6 Å². The highest BCUT2D eigenvalue weighted by atomic mass is 19.1. The lowest BCUT2D eigenvalue weighted by Gasteiger charge is -2.17. The van der Waals surface area contributed by atoms with Crippen LogP contribution in [0.25, 0.3) is 0 Å². The summed E-state index contributed by atoms with van der Waals surface area (Å²) in [5.74, 6) is -1.29. The van der Waals surface area contributed by atoms with Crippen LogP contribution in [0.4, 0.5) is 13.6 Å². The fourth-order valence-electron chi connectivity index (χ4n) is 2.46. The largest absolute Gasteiger partial charge is 0.445 e. The van der Waals surface area contributed by atoms with Gasteiger partial charge in [0.2, 0.25) is 0 Å². The molecule has 1 N–H and O–H groups in total. The number of amides is 1. The summed E-state index contributed by atoms with van der Waals surface area (Å²) in [6.07, 6.45) is -0.489. The van der Waals surface area contributed by atoms with Crippen LogP contribution in [0.1, 0.15) is 11.1 Å². The zero-order valence-corrected chi connectivity index (χ0v) is 12.9. The molecule has 2 aromatic carbocycles. The predicted molar refractivity (Wildman–Crippen MR) is 83.4 cm³/mol. The van der Waals surface area contributed by atoms with E-state index in [1.165, 1.54) is 12.1 Å². The van der Waals surface area contributed by atoms with E-state index in [-0.39, 0.29) is 19.1 Å². The van der Waals surface area contributed by atoms with Crippen molar-refractivity contribution in [3.8, 4) is 0 Å². The van der Waals surface area contributed by atoms with Gasteiger partial charge in [0.15, 0.2) is 0 Å². The number of hydrogen-bond donors (Lipinski definition) is 1. The highest BCUT2D eigenvalue weighted by Crippen LogP contribution is 2.19. The summed E-state index contributed by atoms with van der Waals surface area (Å²) in [5, 5.41) is 2.71. The maximum atomic E-state index is 13.3. The SMILES string of the molecule is O=C(NC(Cc1cc(F)cc(F)c1)C1CO1)OCc1ccccc1. The molecule has 1 aliphatic heterocycles. The number of carbonyl (C=O) groups excluding carboxylic acids is 1. The Morgan fingerprint density at radius 2 is 1.83 bits per heavy atom. The molecule has 2 atom stereocenters. The van der Waals surface area contributed by atoms with Crippen LogP contribution in [0.5, 0.6) is 0 Å². The van der Waals surface area contributed by atoms with Crippen LogP contribution in [-0.2, 0) is 22.5 Å². The molecular formula is C18H17F2NO3. The molecule has 24 heavy (non-hydrogen) atoms. The molecule has 0 aromatic heterocycles. The molecule has 1 amide bonds. The summed E-state index contributed by atoms with van der Waals surface area (Å²) in [4.78, 5) is 11.9. The van der Waals surface area contributed by atoms with Gasteiger partial charge in [-0.15, -0.1) is 0 Å². The molecule has 0 radical (unpaired) electrons. The molecule has 0 aliphatic carbocycles. The lowest BCUT2D eigenvalue weighted by Crippen LogP contribution is -2.40. The van der Waals surface area contributed by atoms with E-state index >= 15 is 0 Å². The van der Waals surface area contributed by atoms with Gasteiger partial charge in [-0.1, -0.05) is 30.3 Å². The van der Waals surface area contributed by atoms with E-state index in [0.29, 0.717) is 12.2 Å². The van der Waals surface area contributed by atoms with E-state index in [2.05, 4.69) is 5.32 Å². The van der Waals surface area contributed by atoms with E-state index in [1.807, 2.05) is 30.3 Å². The lowest BCUT2D eigenvalue weighted by atomic mass is 10.0. The number of alkyl carbamates (subject to hydrolysis) is 1. The third-order valence-corrected chi connectivity index (χ3v) is 3.70. The van der Waals surface area contributed by atoms with Crippen molar-refractivity contribution in [2.24, 2.45) is 0 Å². The molecule has 6 heteroatoms. The summed E-state index contributed by atoms with van der Waals surface area (Å²) in [6.45, 7) is 0.654. The molecule has 2 aromatic rings. The number of hydrogen-bond acceptors (Lipinski definition) is 3. The summed E-state index contributed by atoms with van der Waals surface area (Å²) in [7, 11) is 0. The number of carbonyl (C=O) groups is 1. The van der Waals surface area contributed by atoms with Gasteiger partial charge in [0.05, 0.1) is 12.6 Å². The minimum Gasteiger partial charge on any atom is -0.445 e. The third kappa shape index (κ3) is 4.76. The highest BCUT2D eigenvalue weighted by Gasteiger charge is 2.34. The molecule has 3 rings (SSSR count). The molecule has 0 bridgehead atoms. The first-order valence-electron chi connectivity index (χ1n) is 7.64. The van der Waals surface area contributed by atoms with Crippen LogP contribution in [-0.4, -0.2) is 24.8 Å². The zero-order chi connectivity index (χ0) is 16.9. The van der Waals surface area contributed by atoms with Gasteiger partial charge >= 0.3 is 6.09 Å². The van der Waals surface area contributed by atoms with Gasteiger partial charge in [-0.25, -0.2) is 13.6 Å². The van der Waals surface area contributed by atoms with Crippen LogP contribution in [0.15, 0.2) is 48.5 Å². The average molecular weight is 333 g/mol. The van der Waals surface area contributed by atoms with Gasteiger partial charge in [-0.3, -0.25) is 0 Å². The van der Waals surface area contributed by atoms with Crippen LogP contribution in [0.3, 0.4) is 0 Å². The normalized spacial score (nSPS) is 17.2. The first-order chi connectivity index (χ1) is 11.6. The number of halogens is 2. The Hall–Kier alpha value is -2.47. The summed E-state index contributed by atoms with van der Waals surface area (Å²) in [5.41, 5.74) is 1.33. The standard InChI is InChI=1S/C18H17F2NO3/c19-14-6-13(7-15(20)9-14)8-16(17-11-23-17)21-18(22)24-10-12-4-2-1-3-5-12/h1-7,9,16-17H,8,10-11H2,(H,21,22). The van der Waals surface area contributed by atoms with E-state index in [9.17, 15) is 13.6 Å². The van der Waals surface area contributed by atoms with Gasteiger partial charge in [0.1, 0.15) is 24.3 Å². The number of benzene rings is 2. The highest BCUT2D eigenvalue weighted by molar-refractivity contribution is 5.67. The van der Waals surface area contributed by atoms with Crippen LogP contribution in [0.2, 0.25) is 0 Å². The lowest BCUT2D eigenvalue weighted by molar-refractivity contribution is 0.133. The van der Waals surface area contributed by atoms with Crippen molar-refractivity contribution in [1.29, 1.82) is 0 Å². The summed E-state index contributed by atoms with van der Waals surface area (Å²) < 4.78 is 36.9. The number of nitrogens with one attached hydrogen (secondary N) is 1. The number of ether oxygens (including phenoxy) is 2. The second kappa shape index (κ2) is 7.40. The quantitative estimate of drug-likeness (QED) is 0.826. The fourth-order valence-corrected chi connectivity index (χ4v) is 2.46. The minimum atomic E-state index is -0.646. The number of epoxide rings is 1. The van der Waals surface area contributed by atoms with Crippen molar-refractivity contribution >= 4 is 6.09 Å². The predicted octanol–water partition coefficient (Wildman–Crippen LogP) is 3.20. The Kier molecular flexibility index (Phi) is 5.05. The van der Waals surface area contributed by atoms with Crippen molar-refractivity contribution < 1.29 is 23.0 Å². The summed E-state index contributed by atoms with van der Waals surface area (Å²) >= 11 is 0. The van der Waals surface area contributed by atoms with Crippen molar-refractivity contribution in [2.75, 3.05) is 6.61 Å². The van der Waals surface area contributed by atoms with Crippen molar-refractivity contribution in [3.05, 3.63) is 71.3 Å². The van der Waals surface area contributed by atoms with E-state index in [4.69, 9.17) is 9.47 Å². The Labute approximate surface area is 138 Å². The molecule has 0 saturated carbocycles. The maximum Gasteiger partial charge on any atom is 0.407 e. The first kappa shape index (κ1) is 16.4. The molecule has 1 fully saturated rings. The summed E-state index contributed by atoms with van der Waals surface area (Å²) in [6, 6.07) is 12.2. The van der Waals surface area contributed by atoms with Gasteiger partial charge in [0, 0.05) is 6.07 Å².